The van der Waals surface area contributed by atoms with Crippen LogP contribution < -0.4 is 0 Å². The summed E-state index contributed by atoms with van der Waals surface area (Å²) in [6.07, 6.45) is 6.63. The summed E-state index contributed by atoms with van der Waals surface area (Å²) in [5.41, 5.74) is 2.30. The molecule has 110 valence electrons. The molecule has 0 aliphatic carbocycles. The van der Waals surface area contributed by atoms with Crippen LogP contribution in [-0.2, 0) is 11.3 Å². The van der Waals surface area contributed by atoms with E-state index in [1.54, 1.807) is 23.3 Å². The fraction of sp³-hybridized carbons (Fsp3) is 0.125. The largest absolute Gasteiger partial charge is 0.465 e. The van der Waals surface area contributed by atoms with Crippen molar-refractivity contribution in [3.63, 3.8) is 0 Å². The third kappa shape index (κ3) is 3.01. The quantitative estimate of drug-likeness (QED) is 0.690. The molecule has 0 fully saturated rings. The first-order valence-corrected chi connectivity index (χ1v) is 6.73. The van der Waals surface area contributed by atoms with Gasteiger partial charge in [-0.3, -0.25) is 4.68 Å². The summed E-state index contributed by atoms with van der Waals surface area (Å²) in [6, 6.07) is 9.78. The van der Waals surface area contributed by atoms with E-state index in [1.165, 1.54) is 13.3 Å². The van der Waals surface area contributed by atoms with Gasteiger partial charge in [-0.15, -0.1) is 0 Å². The molecule has 22 heavy (non-hydrogen) atoms. The first-order chi connectivity index (χ1) is 10.8. The van der Waals surface area contributed by atoms with Gasteiger partial charge in [-0.05, 0) is 0 Å². The van der Waals surface area contributed by atoms with Gasteiger partial charge in [-0.25, -0.2) is 14.8 Å². The molecule has 0 aliphatic heterocycles. The van der Waals surface area contributed by atoms with Crippen LogP contribution in [0.1, 0.15) is 15.9 Å². The standard InChI is InChI=1S/C16H14N4O2/c1-22-16(21)14-9-19-20(11-14)10-12-7-17-15(18-8-12)13-5-3-2-4-6-13/h2-9,11H,10H2,1H3. The Labute approximate surface area is 127 Å². The average Bonchev–Trinajstić information content (AvgIpc) is 3.04. The zero-order chi connectivity index (χ0) is 15.4. The highest BCUT2D eigenvalue weighted by Gasteiger charge is 2.08. The molecule has 0 atom stereocenters. The van der Waals surface area contributed by atoms with Gasteiger partial charge in [0, 0.05) is 29.7 Å². The number of hydrogen-bond acceptors (Lipinski definition) is 5. The van der Waals surface area contributed by atoms with Gasteiger partial charge in [-0.2, -0.15) is 5.10 Å². The Hall–Kier alpha value is -3.02. The highest BCUT2D eigenvalue weighted by molar-refractivity contribution is 5.88. The highest BCUT2D eigenvalue weighted by atomic mass is 16.5. The van der Waals surface area contributed by atoms with Crippen LogP contribution in [0.25, 0.3) is 11.4 Å². The molecular weight excluding hydrogens is 280 g/mol. The SMILES string of the molecule is COC(=O)c1cnn(Cc2cnc(-c3ccccc3)nc2)c1. The van der Waals surface area contributed by atoms with E-state index in [9.17, 15) is 4.79 Å². The predicted octanol–water partition coefficient (Wildman–Crippen LogP) is 2.17. The van der Waals surface area contributed by atoms with Gasteiger partial charge in [0.25, 0.3) is 0 Å². The molecule has 6 heteroatoms. The molecule has 6 nitrogen and oxygen atoms in total. The summed E-state index contributed by atoms with van der Waals surface area (Å²) in [5.74, 6) is 0.280. The number of rotatable bonds is 4. The van der Waals surface area contributed by atoms with Crippen LogP contribution in [-0.4, -0.2) is 32.8 Å². The predicted molar refractivity (Wildman–Crippen MR) is 80.1 cm³/mol. The van der Waals surface area contributed by atoms with Gasteiger partial charge in [0.05, 0.1) is 25.4 Å². The van der Waals surface area contributed by atoms with Crippen molar-refractivity contribution in [2.75, 3.05) is 7.11 Å². The Morgan fingerprint density at radius 3 is 2.55 bits per heavy atom. The lowest BCUT2D eigenvalue weighted by Crippen LogP contribution is -2.03. The topological polar surface area (TPSA) is 69.9 Å². The van der Waals surface area contributed by atoms with Gasteiger partial charge < -0.3 is 4.74 Å². The lowest BCUT2D eigenvalue weighted by Gasteiger charge is -2.03. The molecule has 0 amide bonds. The minimum atomic E-state index is -0.401. The van der Waals surface area contributed by atoms with Crippen molar-refractivity contribution in [3.8, 4) is 11.4 Å². The van der Waals surface area contributed by atoms with Crippen molar-refractivity contribution in [2.45, 2.75) is 6.54 Å². The third-order valence-electron chi connectivity index (χ3n) is 3.14. The van der Waals surface area contributed by atoms with Crippen LogP contribution in [0, 0.1) is 0 Å². The molecule has 0 unspecified atom stereocenters. The summed E-state index contributed by atoms with van der Waals surface area (Å²) in [7, 11) is 1.34. The van der Waals surface area contributed by atoms with Crippen LogP contribution >= 0.6 is 0 Å². The number of aromatic nitrogens is 4. The zero-order valence-electron chi connectivity index (χ0n) is 12.0. The van der Waals surface area contributed by atoms with Crippen LogP contribution in [0.4, 0.5) is 0 Å². The molecule has 1 aromatic carbocycles. The molecule has 3 aromatic rings. The highest BCUT2D eigenvalue weighted by Crippen LogP contribution is 2.13. The minimum Gasteiger partial charge on any atom is -0.465 e. The molecule has 0 saturated heterocycles. The molecule has 2 aromatic heterocycles. The van der Waals surface area contributed by atoms with E-state index in [-0.39, 0.29) is 0 Å². The monoisotopic (exact) mass is 294 g/mol. The summed E-state index contributed by atoms with van der Waals surface area (Å²) >= 11 is 0. The number of carbonyl (C=O) groups excluding carboxylic acids is 1. The smallest absolute Gasteiger partial charge is 0.341 e. The molecule has 3 rings (SSSR count). The Bertz CT molecular complexity index is 766. The van der Waals surface area contributed by atoms with Crippen LogP contribution in [0.15, 0.2) is 55.1 Å². The van der Waals surface area contributed by atoms with E-state index >= 15 is 0 Å². The zero-order valence-corrected chi connectivity index (χ0v) is 12.0. The molecule has 0 radical (unpaired) electrons. The molecule has 0 bridgehead atoms. The Balaban J connectivity index is 1.74. The second-order valence-electron chi connectivity index (χ2n) is 4.70. The van der Waals surface area contributed by atoms with E-state index in [4.69, 9.17) is 0 Å². The average molecular weight is 294 g/mol. The van der Waals surface area contributed by atoms with Crippen molar-refractivity contribution in [1.29, 1.82) is 0 Å². The summed E-state index contributed by atoms with van der Waals surface area (Å²) < 4.78 is 6.29. The van der Waals surface area contributed by atoms with E-state index in [0.717, 1.165) is 11.1 Å². The van der Waals surface area contributed by atoms with E-state index in [2.05, 4.69) is 19.8 Å². The Morgan fingerprint density at radius 2 is 1.86 bits per heavy atom. The molecule has 0 N–H and O–H groups in total. The van der Waals surface area contributed by atoms with Crippen LogP contribution in [0.3, 0.4) is 0 Å². The lowest BCUT2D eigenvalue weighted by molar-refractivity contribution is 0.0600. The summed E-state index contributed by atoms with van der Waals surface area (Å²) in [5, 5.41) is 4.12. The minimum absolute atomic E-state index is 0.401. The maximum Gasteiger partial charge on any atom is 0.341 e. The van der Waals surface area contributed by atoms with Crippen molar-refractivity contribution < 1.29 is 9.53 Å². The molecule has 0 aliphatic rings. The number of ether oxygens (including phenoxy) is 1. The second-order valence-corrected chi connectivity index (χ2v) is 4.70. The van der Waals surface area contributed by atoms with Crippen molar-refractivity contribution in [3.05, 3.63) is 66.2 Å². The second kappa shape index (κ2) is 6.17. The van der Waals surface area contributed by atoms with Crippen molar-refractivity contribution in [1.82, 2.24) is 19.7 Å². The Morgan fingerprint density at radius 1 is 1.14 bits per heavy atom. The maximum absolute atomic E-state index is 11.4. The summed E-state index contributed by atoms with van der Waals surface area (Å²) in [4.78, 5) is 20.1. The first kappa shape index (κ1) is 13.9. The fourth-order valence-corrected chi connectivity index (χ4v) is 2.03. The van der Waals surface area contributed by atoms with E-state index < -0.39 is 5.97 Å². The summed E-state index contributed by atoms with van der Waals surface area (Å²) in [6.45, 7) is 0.492. The van der Waals surface area contributed by atoms with E-state index in [1.807, 2.05) is 30.3 Å². The number of esters is 1. The molecule has 0 spiro atoms. The molecule has 2 heterocycles. The molecule has 0 saturated carbocycles. The number of methoxy groups -OCH3 is 1. The number of benzene rings is 1. The fourth-order valence-electron chi connectivity index (χ4n) is 2.03. The van der Waals surface area contributed by atoms with Gasteiger partial charge in [0.1, 0.15) is 0 Å². The normalized spacial score (nSPS) is 10.4. The van der Waals surface area contributed by atoms with Crippen molar-refractivity contribution in [2.24, 2.45) is 0 Å². The lowest BCUT2D eigenvalue weighted by atomic mass is 10.2. The van der Waals surface area contributed by atoms with Crippen molar-refractivity contribution >= 4 is 5.97 Å². The number of hydrogen-bond donors (Lipinski definition) is 0. The van der Waals surface area contributed by atoms with E-state index in [0.29, 0.717) is 17.9 Å². The Kier molecular flexibility index (Phi) is 3.91. The number of nitrogens with zero attached hydrogens (tertiary/aromatic N) is 4. The van der Waals surface area contributed by atoms with Gasteiger partial charge in [0.15, 0.2) is 5.82 Å². The first-order valence-electron chi connectivity index (χ1n) is 6.73. The van der Waals surface area contributed by atoms with Gasteiger partial charge in [0.2, 0.25) is 0 Å². The number of carbonyl (C=O) groups is 1. The van der Waals surface area contributed by atoms with Crippen LogP contribution in [0.2, 0.25) is 0 Å². The van der Waals surface area contributed by atoms with Gasteiger partial charge >= 0.3 is 5.97 Å². The third-order valence-corrected chi connectivity index (χ3v) is 3.14. The van der Waals surface area contributed by atoms with Crippen LogP contribution in [0.5, 0.6) is 0 Å². The van der Waals surface area contributed by atoms with Gasteiger partial charge in [-0.1, -0.05) is 30.3 Å². The maximum atomic E-state index is 11.4. The molecular formula is C16H14N4O2.